The lowest BCUT2D eigenvalue weighted by Crippen LogP contribution is -2.34. The van der Waals surface area contributed by atoms with Crippen molar-refractivity contribution in [3.63, 3.8) is 0 Å². The van der Waals surface area contributed by atoms with E-state index < -0.39 is 27.9 Å². The first-order valence-corrected chi connectivity index (χ1v) is 7.10. The van der Waals surface area contributed by atoms with Gasteiger partial charge in [0.15, 0.2) is 6.61 Å². The van der Waals surface area contributed by atoms with E-state index in [0.717, 1.165) is 5.56 Å². The summed E-state index contributed by atoms with van der Waals surface area (Å²) in [7, 11) is -5.61. The third-order valence-electron chi connectivity index (χ3n) is 2.56. The molecule has 0 saturated heterocycles. The van der Waals surface area contributed by atoms with E-state index in [0.29, 0.717) is 0 Å². The number of carbonyl (C=O) groups is 1. The Morgan fingerprint density at radius 3 is 2.20 bits per heavy atom. The predicted molar refractivity (Wildman–Crippen MR) is 67.3 cm³/mol. The van der Waals surface area contributed by atoms with E-state index in [9.17, 15) is 22.0 Å². The lowest BCUT2D eigenvalue weighted by Gasteiger charge is -2.13. The van der Waals surface area contributed by atoms with Crippen molar-refractivity contribution in [2.75, 3.05) is 6.61 Å². The second-order valence-corrected chi connectivity index (χ2v) is 6.01. The minimum atomic E-state index is -5.61. The summed E-state index contributed by atoms with van der Waals surface area (Å²) < 4.78 is 58.8. The molecule has 0 saturated carbocycles. The van der Waals surface area contributed by atoms with Crippen molar-refractivity contribution in [2.24, 2.45) is 0 Å². The molecule has 0 aliphatic rings. The molecule has 0 unspecified atom stereocenters. The summed E-state index contributed by atoms with van der Waals surface area (Å²) in [6.07, 6.45) is 0. The monoisotopic (exact) mass is 308 g/mol. The van der Waals surface area contributed by atoms with Crippen molar-refractivity contribution >= 4 is 16.1 Å². The average Bonchev–Trinajstić information content (AvgIpc) is 2.34. The Morgan fingerprint density at radius 1 is 1.30 bits per heavy atom. The second-order valence-electron chi connectivity index (χ2n) is 4.47. The van der Waals surface area contributed by atoms with Gasteiger partial charge in [0.05, 0.1) is 5.56 Å². The molecule has 0 heterocycles. The molecule has 1 aromatic rings. The van der Waals surface area contributed by atoms with Crippen LogP contribution in [0.15, 0.2) is 24.3 Å². The normalized spacial score (nSPS) is 12.5. The van der Waals surface area contributed by atoms with Crippen LogP contribution in [0.1, 0.15) is 35.7 Å². The Morgan fingerprint density at radius 2 is 1.80 bits per heavy atom. The first-order valence-electron chi connectivity index (χ1n) is 5.66. The van der Waals surface area contributed by atoms with Gasteiger partial charge in [0.1, 0.15) is 0 Å². The Balaban J connectivity index is 2.73. The number of hydrogen-bond acceptors (Lipinski definition) is 4. The van der Waals surface area contributed by atoms with Crippen molar-refractivity contribution in [3.05, 3.63) is 35.4 Å². The predicted octanol–water partition coefficient (Wildman–Crippen LogP) is 2.45. The molecular formula is C12H14F2O5S. The minimum absolute atomic E-state index is 0.0144. The van der Waals surface area contributed by atoms with Crippen LogP contribution in [-0.2, 0) is 14.9 Å². The summed E-state index contributed by atoms with van der Waals surface area (Å²) in [4.78, 5) is 11.5. The fourth-order valence-corrected chi connectivity index (χ4v) is 1.52. The highest BCUT2D eigenvalue weighted by Crippen LogP contribution is 2.21. The molecule has 0 bridgehead atoms. The summed E-state index contributed by atoms with van der Waals surface area (Å²) in [5, 5.41) is -4.53. The summed E-state index contributed by atoms with van der Waals surface area (Å²) in [5.41, 5.74) is 0.963. The number of carbonyl (C=O) groups excluding carboxylic acids is 1. The molecule has 1 aromatic carbocycles. The average molecular weight is 308 g/mol. The highest BCUT2D eigenvalue weighted by Gasteiger charge is 2.45. The molecule has 8 heteroatoms. The van der Waals surface area contributed by atoms with Gasteiger partial charge in [-0.15, -0.1) is 0 Å². The molecule has 0 amide bonds. The van der Waals surface area contributed by atoms with Gasteiger partial charge in [0.2, 0.25) is 0 Å². The molecule has 0 spiro atoms. The lowest BCUT2D eigenvalue weighted by atomic mass is 10.0. The van der Waals surface area contributed by atoms with E-state index in [1.54, 1.807) is 12.1 Å². The van der Waals surface area contributed by atoms with Crippen molar-refractivity contribution in [1.82, 2.24) is 0 Å². The van der Waals surface area contributed by atoms with Gasteiger partial charge < -0.3 is 4.74 Å². The van der Waals surface area contributed by atoms with Gasteiger partial charge in [-0.1, -0.05) is 26.0 Å². The first kappa shape index (κ1) is 16.5. The maximum absolute atomic E-state index is 12.9. The van der Waals surface area contributed by atoms with Crippen LogP contribution in [0, 0.1) is 0 Å². The summed E-state index contributed by atoms with van der Waals surface area (Å²) >= 11 is 0. The van der Waals surface area contributed by atoms with Gasteiger partial charge in [-0.05, 0) is 23.6 Å². The standard InChI is InChI=1S/C12H14F2O5S/c1-8(2)9-3-5-10(6-4-9)11(15)19-7-12(13,14)20(16,17)18/h3-6,8H,7H2,1-2H3,(H,16,17,18). The molecule has 0 radical (unpaired) electrons. The maximum atomic E-state index is 12.9. The fourth-order valence-electron chi connectivity index (χ4n) is 1.31. The van der Waals surface area contributed by atoms with E-state index in [1.165, 1.54) is 12.1 Å². The number of benzene rings is 1. The zero-order chi connectivity index (χ0) is 15.6. The molecule has 0 aromatic heterocycles. The largest absolute Gasteiger partial charge is 0.454 e. The van der Waals surface area contributed by atoms with E-state index in [1.807, 2.05) is 13.8 Å². The highest BCUT2D eigenvalue weighted by atomic mass is 32.2. The molecule has 0 atom stereocenters. The van der Waals surface area contributed by atoms with Crippen LogP contribution >= 0.6 is 0 Å². The topological polar surface area (TPSA) is 80.7 Å². The van der Waals surface area contributed by atoms with Crippen molar-refractivity contribution in [1.29, 1.82) is 0 Å². The molecular weight excluding hydrogens is 294 g/mol. The SMILES string of the molecule is CC(C)c1ccc(C(=O)OCC(F)(F)S(=O)(=O)O)cc1. The zero-order valence-corrected chi connectivity index (χ0v) is 11.7. The van der Waals surface area contributed by atoms with Crippen molar-refractivity contribution in [2.45, 2.75) is 25.0 Å². The summed E-state index contributed by atoms with van der Waals surface area (Å²) in [6, 6.07) is 6.07. The molecule has 20 heavy (non-hydrogen) atoms. The molecule has 0 fully saturated rings. The third-order valence-corrected chi connectivity index (χ3v) is 3.43. The van der Waals surface area contributed by atoms with E-state index in [-0.39, 0.29) is 11.5 Å². The Labute approximate surface area is 115 Å². The van der Waals surface area contributed by atoms with Crippen molar-refractivity contribution < 1.29 is 31.3 Å². The van der Waals surface area contributed by atoms with Gasteiger partial charge in [0.25, 0.3) is 0 Å². The lowest BCUT2D eigenvalue weighted by molar-refractivity contribution is -0.00950. The second kappa shape index (κ2) is 5.84. The number of esters is 1. The summed E-state index contributed by atoms with van der Waals surface area (Å²) in [6.45, 7) is 2.15. The van der Waals surface area contributed by atoms with Crippen LogP contribution in [0.3, 0.4) is 0 Å². The molecule has 5 nitrogen and oxygen atoms in total. The smallest absolute Gasteiger partial charge is 0.402 e. The van der Waals surface area contributed by atoms with E-state index >= 15 is 0 Å². The fraction of sp³-hybridized carbons (Fsp3) is 0.417. The number of alkyl halides is 2. The zero-order valence-electron chi connectivity index (χ0n) is 10.8. The van der Waals surface area contributed by atoms with Gasteiger partial charge in [0, 0.05) is 0 Å². The van der Waals surface area contributed by atoms with E-state index in [4.69, 9.17) is 4.55 Å². The molecule has 1 rings (SSSR count). The Bertz CT molecular complexity index is 578. The number of hydrogen-bond donors (Lipinski definition) is 1. The van der Waals surface area contributed by atoms with Gasteiger partial charge >= 0.3 is 21.3 Å². The Hall–Kier alpha value is -1.54. The van der Waals surface area contributed by atoms with Gasteiger partial charge in [-0.3, -0.25) is 4.55 Å². The van der Waals surface area contributed by atoms with Crippen LogP contribution < -0.4 is 0 Å². The van der Waals surface area contributed by atoms with Crippen LogP contribution in [0.2, 0.25) is 0 Å². The van der Waals surface area contributed by atoms with Gasteiger partial charge in [-0.2, -0.15) is 17.2 Å². The number of ether oxygens (including phenoxy) is 1. The minimum Gasteiger partial charge on any atom is -0.454 e. The molecule has 1 N–H and O–H groups in total. The van der Waals surface area contributed by atoms with Crippen LogP contribution in [0.4, 0.5) is 8.78 Å². The molecule has 0 aliphatic heterocycles. The summed E-state index contributed by atoms with van der Waals surface area (Å²) in [5.74, 6) is -0.854. The van der Waals surface area contributed by atoms with Crippen molar-refractivity contribution in [3.8, 4) is 0 Å². The number of halogens is 2. The quantitative estimate of drug-likeness (QED) is 0.667. The molecule has 0 aliphatic carbocycles. The van der Waals surface area contributed by atoms with Gasteiger partial charge in [-0.25, -0.2) is 4.79 Å². The van der Waals surface area contributed by atoms with E-state index in [2.05, 4.69) is 4.74 Å². The maximum Gasteiger partial charge on any atom is 0.402 e. The van der Waals surface area contributed by atoms with Crippen LogP contribution in [-0.4, -0.2) is 30.8 Å². The number of rotatable bonds is 5. The third kappa shape index (κ3) is 3.97. The highest BCUT2D eigenvalue weighted by molar-refractivity contribution is 7.86. The Kier molecular flexibility index (Phi) is 4.82. The van der Waals surface area contributed by atoms with Crippen LogP contribution in [0.25, 0.3) is 0 Å². The molecule has 112 valence electrons. The van der Waals surface area contributed by atoms with Crippen LogP contribution in [0.5, 0.6) is 0 Å². The first-order chi connectivity index (χ1) is 9.04.